The minimum absolute atomic E-state index is 0. The lowest BCUT2D eigenvalue weighted by atomic mass is 10.00. The van der Waals surface area contributed by atoms with Gasteiger partial charge in [-0.05, 0) is 48.2 Å². The molecule has 1 atom stereocenters. The van der Waals surface area contributed by atoms with Crippen LogP contribution in [-0.2, 0) is 16.0 Å². The predicted molar refractivity (Wildman–Crippen MR) is 107 cm³/mol. The molecule has 3 rings (SSSR count). The number of hydrogen-bond donors (Lipinski definition) is 3. The highest BCUT2D eigenvalue weighted by Gasteiger charge is 2.14. The van der Waals surface area contributed by atoms with Gasteiger partial charge in [-0.1, -0.05) is 42.5 Å². The highest BCUT2D eigenvalue weighted by Crippen LogP contribution is 2.18. The Labute approximate surface area is 160 Å². The normalized spacial score (nSPS) is 16.5. The lowest BCUT2D eigenvalue weighted by Gasteiger charge is -2.22. The number of fused-ring (bicyclic) bond motifs is 1. The van der Waals surface area contributed by atoms with E-state index in [9.17, 15) is 9.59 Å². The Morgan fingerprint density at radius 3 is 2.65 bits per heavy atom. The summed E-state index contributed by atoms with van der Waals surface area (Å²) in [7, 11) is 0. The molecule has 3 N–H and O–H groups in total. The largest absolute Gasteiger partial charge is 0.354 e. The van der Waals surface area contributed by atoms with Gasteiger partial charge in [-0.15, -0.1) is 12.4 Å². The summed E-state index contributed by atoms with van der Waals surface area (Å²) in [6.45, 7) is 2.72. The Balaban J connectivity index is 0.00000243. The van der Waals surface area contributed by atoms with Crippen LogP contribution >= 0.6 is 12.4 Å². The van der Waals surface area contributed by atoms with Crippen LogP contribution in [-0.4, -0.2) is 38.0 Å². The number of halogens is 1. The van der Waals surface area contributed by atoms with Gasteiger partial charge in [0.2, 0.25) is 11.8 Å². The van der Waals surface area contributed by atoms with Gasteiger partial charge in [0.15, 0.2) is 0 Å². The molecular formula is C20H26ClN3O2. The summed E-state index contributed by atoms with van der Waals surface area (Å²) in [6.07, 6.45) is 2.57. The van der Waals surface area contributed by atoms with Crippen molar-refractivity contribution in [3.63, 3.8) is 0 Å². The van der Waals surface area contributed by atoms with Crippen LogP contribution in [0, 0.1) is 5.92 Å². The van der Waals surface area contributed by atoms with Gasteiger partial charge in [-0.3, -0.25) is 9.59 Å². The highest BCUT2D eigenvalue weighted by atomic mass is 35.5. The van der Waals surface area contributed by atoms with E-state index in [0.29, 0.717) is 12.5 Å². The molecule has 0 spiro atoms. The molecule has 0 aliphatic carbocycles. The number of amides is 2. The maximum Gasteiger partial charge on any atom is 0.239 e. The summed E-state index contributed by atoms with van der Waals surface area (Å²) in [5.74, 6) is 0.228. The second-order valence-electron chi connectivity index (χ2n) is 6.61. The monoisotopic (exact) mass is 375 g/mol. The van der Waals surface area contributed by atoms with Gasteiger partial charge in [-0.25, -0.2) is 0 Å². The Hall–Kier alpha value is -2.11. The Morgan fingerprint density at radius 1 is 1.04 bits per heavy atom. The quantitative estimate of drug-likeness (QED) is 0.723. The third kappa shape index (κ3) is 5.71. The van der Waals surface area contributed by atoms with E-state index in [0.717, 1.165) is 42.3 Å². The zero-order valence-corrected chi connectivity index (χ0v) is 15.6. The standard InChI is InChI=1S/C20H25N3O2.ClH/c24-19(11-17-8-3-7-16-6-1-2-9-18(16)17)23-14-20(25)22-13-15-5-4-10-21-12-15;/h1-3,6-9,15,21H,4-5,10-14H2,(H,22,25)(H,23,24);1H. The van der Waals surface area contributed by atoms with Crippen molar-refractivity contribution in [2.24, 2.45) is 5.92 Å². The maximum atomic E-state index is 12.2. The fourth-order valence-corrected chi connectivity index (χ4v) is 3.28. The first kappa shape index (κ1) is 20.2. The van der Waals surface area contributed by atoms with Crippen molar-refractivity contribution in [1.29, 1.82) is 0 Å². The summed E-state index contributed by atoms with van der Waals surface area (Å²) < 4.78 is 0. The third-order valence-electron chi connectivity index (χ3n) is 4.66. The lowest BCUT2D eigenvalue weighted by molar-refractivity contribution is -0.125. The molecule has 26 heavy (non-hydrogen) atoms. The fourth-order valence-electron chi connectivity index (χ4n) is 3.28. The van der Waals surface area contributed by atoms with Gasteiger partial charge in [0.1, 0.15) is 0 Å². The van der Waals surface area contributed by atoms with E-state index >= 15 is 0 Å². The van der Waals surface area contributed by atoms with E-state index in [-0.39, 0.29) is 37.2 Å². The number of hydrogen-bond acceptors (Lipinski definition) is 3. The van der Waals surface area contributed by atoms with Crippen LogP contribution in [0.3, 0.4) is 0 Å². The molecule has 0 aromatic heterocycles. The maximum absolute atomic E-state index is 12.2. The zero-order chi connectivity index (χ0) is 17.5. The van der Waals surface area contributed by atoms with E-state index in [2.05, 4.69) is 16.0 Å². The fraction of sp³-hybridized carbons (Fsp3) is 0.400. The van der Waals surface area contributed by atoms with Crippen molar-refractivity contribution >= 4 is 35.0 Å². The summed E-state index contributed by atoms with van der Waals surface area (Å²) in [6, 6.07) is 13.9. The molecule has 2 aromatic carbocycles. The minimum atomic E-state index is -0.133. The molecule has 1 saturated heterocycles. The first-order valence-electron chi connectivity index (χ1n) is 8.93. The van der Waals surface area contributed by atoms with E-state index < -0.39 is 0 Å². The van der Waals surface area contributed by atoms with E-state index in [1.165, 1.54) is 0 Å². The van der Waals surface area contributed by atoms with Crippen molar-refractivity contribution in [3.8, 4) is 0 Å². The number of carbonyl (C=O) groups is 2. The van der Waals surface area contributed by atoms with Gasteiger partial charge >= 0.3 is 0 Å². The first-order valence-corrected chi connectivity index (χ1v) is 8.93. The molecular weight excluding hydrogens is 350 g/mol. The number of benzene rings is 2. The topological polar surface area (TPSA) is 70.2 Å². The third-order valence-corrected chi connectivity index (χ3v) is 4.66. The molecule has 0 saturated carbocycles. The molecule has 6 heteroatoms. The average Bonchev–Trinajstić information content (AvgIpc) is 2.66. The summed E-state index contributed by atoms with van der Waals surface area (Å²) in [5, 5.41) is 11.1. The molecule has 1 aliphatic rings. The minimum Gasteiger partial charge on any atom is -0.354 e. The Kier molecular flexibility index (Phi) is 7.88. The second kappa shape index (κ2) is 10.1. The summed E-state index contributed by atoms with van der Waals surface area (Å²) in [4.78, 5) is 24.1. The Bertz CT molecular complexity index is 739. The highest BCUT2D eigenvalue weighted by molar-refractivity contribution is 5.91. The summed E-state index contributed by atoms with van der Waals surface area (Å²) >= 11 is 0. The van der Waals surface area contributed by atoms with Gasteiger partial charge in [0, 0.05) is 6.54 Å². The van der Waals surface area contributed by atoms with Crippen LogP contribution < -0.4 is 16.0 Å². The van der Waals surface area contributed by atoms with Crippen LogP contribution in [0.4, 0.5) is 0 Å². The van der Waals surface area contributed by atoms with Crippen LogP contribution in [0.15, 0.2) is 42.5 Å². The number of piperidine rings is 1. The van der Waals surface area contributed by atoms with Crippen molar-refractivity contribution < 1.29 is 9.59 Å². The molecule has 2 aromatic rings. The van der Waals surface area contributed by atoms with E-state index in [4.69, 9.17) is 0 Å². The van der Waals surface area contributed by atoms with Crippen molar-refractivity contribution in [1.82, 2.24) is 16.0 Å². The van der Waals surface area contributed by atoms with Crippen LogP contribution in [0.25, 0.3) is 10.8 Å². The first-order chi connectivity index (χ1) is 12.2. The molecule has 1 fully saturated rings. The van der Waals surface area contributed by atoms with Crippen LogP contribution in [0.2, 0.25) is 0 Å². The molecule has 5 nitrogen and oxygen atoms in total. The van der Waals surface area contributed by atoms with E-state index in [1.807, 2.05) is 42.5 Å². The number of rotatable bonds is 6. The molecule has 1 heterocycles. The van der Waals surface area contributed by atoms with Gasteiger partial charge in [0.05, 0.1) is 13.0 Å². The van der Waals surface area contributed by atoms with Crippen molar-refractivity contribution in [2.45, 2.75) is 19.3 Å². The number of carbonyl (C=O) groups excluding carboxylic acids is 2. The zero-order valence-electron chi connectivity index (χ0n) is 14.8. The average molecular weight is 376 g/mol. The summed E-state index contributed by atoms with van der Waals surface area (Å²) in [5.41, 5.74) is 0.976. The molecule has 1 aliphatic heterocycles. The Morgan fingerprint density at radius 2 is 1.85 bits per heavy atom. The molecule has 1 unspecified atom stereocenters. The van der Waals surface area contributed by atoms with Crippen LogP contribution in [0.5, 0.6) is 0 Å². The SMILES string of the molecule is Cl.O=C(CNC(=O)Cc1cccc2ccccc12)NCC1CCCNC1. The molecule has 2 amide bonds. The molecule has 0 radical (unpaired) electrons. The van der Waals surface area contributed by atoms with Gasteiger partial charge in [0.25, 0.3) is 0 Å². The van der Waals surface area contributed by atoms with Gasteiger partial charge in [-0.2, -0.15) is 0 Å². The van der Waals surface area contributed by atoms with Gasteiger partial charge < -0.3 is 16.0 Å². The van der Waals surface area contributed by atoms with Crippen molar-refractivity contribution in [3.05, 3.63) is 48.0 Å². The molecule has 140 valence electrons. The second-order valence-corrected chi connectivity index (χ2v) is 6.61. The van der Waals surface area contributed by atoms with Crippen molar-refractivity contribution in [2.75, 3.05) is 26.2 Å². The van der Waals surface area contributed by atoms with E-state index in [1.54, 1.807) is 0 Å². The molecule has 0 bridgehead atoms. The number of nitrogens with one attached hydrogen (secondary N) is 3. The lowest BCUT2D eigenvalue weighted by Crippen LogP contribution is -2.42. The smallest absolute Gasteiger partial charge is 0.239 e. The van der Waals surface area contributed by atoms with Crippen LogP contribution in [0.1, 0.15) is 18.4 Å². The predicted octanol–water partition coefficient (Wildman–Crippen LogP) is 2.04.